The Morgan fingerprint density at radius 1 is 1.12 bits per heavy atom. The van der Waals surface area contributed by atoms with E-state index in [2.05, 4.69) is 40.0 Å². The number of hydrogen-bond donors (Lipinski definition) is 2. The number of amides is 1. The molecule has 3 aromatic rings. The smallest absolute Gasteiger partial charge is 0.256 e. The third-order valence-corrected chi connectivity index (χ3v) is 4.96. The molecule has 0 spiro atoms. The second kappa shape index (κ2) is 6.57. The number of nitrogens with one attached hydrogen (secondary N) is 2. The highest BCUT2D eigenvalue weighted by Gasteiger charge is 2.24. The van der Waals surface area contributed by atoms with Gasteiger partial charge < -0.3 is 19.8 Å². The van der Waals surface area contributed by atoms with Crippen LogP contribution in [-0.4, -0.2) is 47.0 Å². The highest BCUT2D eigenvalue weighted by Crippen LogP contribution is 2.22. The summed E-state index contributed by atoms with van der Waals surface area (Å²) in [5, 5.41) is 0. The number of rotatable bonds is 2. The van der Waals surface area contributed by atoms with Crippen molar-refractivity contribution in [2.24, 2.45) is 0 Å². The number of fused-ring (bicyclic) bond motifs is 1. The number of nitrogens with zero attached hydrogens (tertiary/aromatic N) is 2. The lowest BCUT2D eigenvalue weighted by Crippen LogP contribution is -2.48. The molecule has 0 radical (unpaired) electrons. The van der Waals surface area contributed by atoms with E-state index < -0.39 is 5.82 Å². The molecule has 4 rings (SSSR count). The molecule has 0 saturated carbocycles. The van der Waals surface area contributed by atoms with Crippen molar-refractivity contribution in [1.82, 2.24) is 14.9 Å². The first-order chi connectivity index (χ1) is 12.5. The van der Waals surface area contributed by atoms with E-state index in [1.165, 1.54) is 23.4 Å². The topological polar surface area (TPSA) is 55.1 Å². The molecule has 1 fully saturated rings. The molecule has 2 heterocycles. The van der Waals surface area contributed by atoms with Gasteiger partial charge in [0.25, 0.3) is 5.91 Å². The summed E-state index contributed by atoms with van der Waals surface area (Å²) in [6, 6.07) is 11.0. The minimum atomic E-state index is -0.454. The number of hydrogen-bond acceptors (Lipinski definition) is 3. The van der Waals surface area contributed by atoms with E-state index >= 15 is 0 Å². The van der Waals surface area contributed by atoms with Gasteiger partial charge in [0.15, 0.2) is 4.77 Å². The molecule has 1 aliphatic rings. The summed E-state index contributed by atoms with van der Waals surface area (Å²) in [4.78, 5) is 22.8. The number of H-pyrrole nitrogens is 2. The van der Waals surface area contributed by atoms with E-state index in [-0.39, 0.29) is 5.91 Å². The third kappa shape index (κ3) is 3.10. The Kier molecular flexibility index (Phi) is 4.24. The number of carbonyl (C=O) groups is 1. The van der Waals surface area contributed by atoms with Gasteiger partial charge in [0.05, 0.1) is 16.6 Å². The summed E-state index contributed by atoms with van der Waals surface area (Å²) in [6.07, 6.45) is 0. The molecule has 0 atom stereocenters. The van der Waals surface area contributed by atoms with Gasteiger partial charge >= 0.3 is 0 Å². The van der Waals surface area contributed by atoms with Crippen molar-refractivity contribution in [3.63, 3.8) is 0 Å². The number of halogens is 1. The first-order valence-corrected chi connectivity index (χ1v) is 8.94. The van der Waals surface area contributed by atoms with Gasteiger partial charge in [-0.05, 0) is 49.0 Å². The van der Waals surface area contributed by atoms with Crippen LogP contribution in [0.4, 0.5) is 10.1 Å². The molecule has 5 nitrogen and oxygen atoms in total. The van der Waals surface area contributed by atoms with Crippen LogP contribution in [0.5, 0.6) is 0 Å². The van der Waals surface area contributed by atoms with Gasteiger partial charge in [-0.1, -0.05) is 12.1 Å². The Morgan fingerprint density at radius 2 is 1.88 bits per heavy atom. The lowest BCUT2D eigenvalue weighted by Gasteiger charge is -2.36. The summed E-state index contributed by atoms with van der Waals surface area (Å²) in [7, 11) is 0. The lowest BCUT2D eigenvalue weighted by atomic mass is 10.1. The molecule has 1 saturated heterocycles. The Balaban J connectivity index is 1.55. The van der Waals surface area contributed by atoms with Crippen LogP contribution < -0.4 is 4.90 Å². The average molecular weight is 370 g/mol. The number of aryl methyl sites for hydroxylation is 1. The molecule has 0 aliphatic carbocycles. The van der Waals surface area contributed by atoms with E-state index in [0.29, 0.717) is 34.5 Å². The molecule has 1 aromatic heterocycles. The van der Waals surface area contributed by atoms with Crippen LogP contribution in [-0.2, 0) is 0 Å². The van der Waals surface area contributed by atoms with Crippen molar-refractivity contribution in [3.8, 4) is 0 Å². The predicted molar refractivity (Wildman–Crippen MR) is 103 cm³/mol. The molecule has 0 bridgehead atoms. The van der Waals surface area contributed by atoms with Crippen molar-refractivity contribution in [3.05, 3.63) is 58.1 Å². The van der Waals surface area contributed by atoms with E-state index in [4.69, 9.17) is 12.2 Å². The fraction of sp³-hybridized carbons (Fsp3) is 0.263. The van der Waals surface area contributed by atoms with E-state index in [1.54, 1.807) is 4.90 Å². The van der Waals surface area contributed by atoms with Crippen LogP contribution in [0, 0.1) is 17.5 Å². The number of piperazine rings is 1. The van der Waals surface area contributed by atoms with Crippen molar-refractivity contribution < 1.29 is 9.18 Å². The summed E-state index contributed by atoms with van der Waals surface area (Å²) in [5.74, 6) is -0.631. The summed E-state index contributed by atoms with van der Waals surface area (Å²) in [5.41, 5.74) is 3.77. The van der Waals surface area contributed by atoms with Crippen LogP contribution in [0.25, 0.3) is 11.0 Å². The van der Waals surface area contributed by atoms with Gasteiger partial charge in [-0.15, -0.1) is 0 Å². The van der Waals surface area contributed by atoms with Crippen molar-refractivity contribution >= 4 is 34.8 Å². The van der Waals surface area contributed by atoms with Crippen molar-refractivity contribution in [2.45, 2.75) is 6.92 Å². The van der Waals surface area contributed by atoms with Crippen LogP contribution in [0.2, 0.25) is 0 Å². The van der Waals surface area contributed by atoms with Crippen molar-refractivity contribution in [2.75, 3.05) is 31.1 Å². The summed E-state index contributed by atoms with van der Waals surface area (Å²) >= 11 is 5.07. The minimum absolute atomic E-state index is 0.177. The van der Waals surface area contributed by atoms with Crippen LogP contribution in [0.3, 0.4) is 0 Å². The Labute approximate surface area is 155 Å². The molecule has 2 aromatic carbocycles. The molecule has 1 aliphatic heterocycles. The first-order valence-electron chi connectivity index (χ1n) is 8.54. The standard InChI is InChI=1S/C19H19FN4OS/c1-12-3-2-4-14(9-12)23-5-7-24(8-6-23)18(25)15-10-13(20)11-16-17(15)22-19(26)21-16/h2-4,9-11H,5-8H2,1H3,(H2,21,22,26). The number of aromatic nitrogens is 2. The second-order valence-corrected chi connectivity index (χ2v) is 6.98. The highest BCUT2D eigenvalue weighted by atomic mass is 32.1. The normalized spacial score (nSPS) is 14.8. The predicted octanol–water partition coefficient (Wildman–Crippen LogP) is 3.64. The fourth-order valence-electron chi connectivity index (χ4n) is 3.44. The molecular formula is C19H19FN4OS. The Morgan fingerprint density at radius 3 is 2.62 bits per heavy atom. The van der Waals surface area contributed by atoms with Crippen LogP contribution in [0.15, 0.2) is 36.4 Å². The number of imidazole rings is 1. The van der Waals surface area contributed by atoms with Gasteiger partial charge in [-0.25, -0.2) is 4.39 Å². The maximum absolute atomic E-state index is 13.9. The molecule has 1 amide bonds. The molecule has 2 N–H and O–H groups in total. The average Bonchev–Trinajstić information content (AvgIpc) is 3.00. The van der Waals surface area contributed by atoms with E-state index in [1.807, 2.05) is 6.07 Å². The zero-order valence-electron chi connectivity index (χ0n) is 14.4. The maximum Gasteiger partial charge on any atom is 0.256 e. The zero-order valence-corrected chi connectivity index (χ0v) is 15.2. The van der Waals surface area contributed by atoms with Gasteiger partial charge in [-0.2, -0.15) is 0 Å². The molecule has 7 heteroatoms. The number of aromatic amines is 2. The monoisotopic (exact) mass is 370 g/mol. The molecular weight excluding hydrogens is 351 g/mol. The van der Waals surface area contributed by atoms with Crippen LogP contribution >= 0.6 is 12.2 Å². The second-order valence-electron chi connectivity index (χ2n) is 6.57. The first kappa shape index (κ1) is 16.8. The molecule has 0 unspecified atom stereocenters. The van der Waals surface area contributed by atoms with Gasteiger partial charge in [0.2, 0.25) is 0 Å². The molecule has 134 valence electrons. The van der Waals surface area contributed by atoms with Gasteiger partial charge in [0, 0.05) is 31.9 Å². The summed E-state index contributed by atoms with van der Waals surface area (Å²) < 4.78 is 14.3. The Hall–Kier alpha value is -2.67. The zero-order chi connectivity index (χ0) is 18.3. The number of carbonyl (C=O) groups excluding carboxylic acids is 1. The largest absolute Gasteiger partial charge is 0.368 e. The highest BCUT2D eigenvalue weighted by molar-refractivity contribution is 7.71. The number of anilines is 1. The van der Waals surface area contributed by atoms with Crippen LogP contribution in [0.1, 0.15) is 15.9 Å². The quantitative estimate of drug-likeness (QED) is 0.677. The fourth-order valence-corrected chi connectivity index (χ4v) is 3.65. The number of benzene rings is 2. The lowest BCUT2D eigenvalue weighted by molar-refractivity contribution is 0.0748. The minimum Gasteiger partial charge on any atom is -0.368 e. The SMILES string of the molecule is Cc1cccc(N2CCN(C(=O)c3cc(F)cc4[nH]c(=S)[nH]c34)CC2)c1. The van der Waals surface area contributed by atoms with Gasteiger partial charge in [-0.3, -0.25) is 4.79 Å². The third-order valence-electron chi connectivity index (χ3n) is 4.75. The van der Waals surface area contributed by atoms with Crippen molar-refractivity contribution in [1.29, 1.82) is 0 Å². The van der Waals surface area contributed by atoms with E-state index in [0.717, 1.165) is 13.1 Å². The Bertz CT molecular complexity index is 1030. The van der Waals surface area contributed by atoms with E-state index in [9.17, 15) is 9.18 Å². The van der Waals surface area contributed by atoms with Gasteiger partial charge in [0.1, 0.15) is 5.82 Å². The maximum atomic E-state index is 13.9. The molecule has 26 heavy (non-hydrogen) atoms. The summed E-state index contributed by atoms with van der Waals surface area (Å²) in [6.45, 7) is 4.75.